The Kier molecular flexibility index (Phi) is 19.5. The molecule has 0 aliphatic carbocycles. The van der Waals surface area contributed by atoms with Gasteiger partial charge in [0.15, 0.2) is 0 Å². The van der Waals surface area contributed by atoms with Crippen molar-refractivity contribution in [1.29, 1.82) is 0 Å². The zero-order valence-corrected chi connectivity index (χ0v) is 19.7. The van der Waals surface area contributed by atoms with Crippen LogP contribution in [0.2, 0.25) is 0 Å². The van der Waals surface area contributed by atoms with Crippen molar-refractivity contribution in [1.82, 2.24) is 0 Å². The Morgan fingerprint density at radius 3 is 1.50 bits per heavy atom. The number of aryl methyl sites for hydroxylation is 1. The quantitative estimate of drug-likeness (QED) is 0.280. The molecule has 0 aliphatic rings. The highest BCUT2D eigenvalue weighted by Crippen LogP contribution is 2.23. The lowest BCUT2D eigenvalue weighted by Gasteiger charge is -2.23. The summed E-state index contributed by atoms with van der Waals surface area (Å²) in [7, 11) is 0. The van der Waals surface area contributed by atoms with Crippen molar-refractivity contribution in [2.75, 3.05) is 0 Å². The topological polar surface area (TPSA) is 57.5 Å². The minimum atomic E-state index is -0.230. The van der Waals surface area contributed by atoms with Crippen molar-refractivity contribution >= 4 is 12.4 Å². The zero-order valence-electron chi connectivity index (χ0n) is 18.9. The van der Waals surface area contributed by atoms with Crippen LogP contribution in [0.25, 0.3) is 0 Å². The van der Waals surface area contributed by atoms with Crippen molar-refractivity contribution in [2.45, 2.75) is 123 Å². The fourth-order valence-electron chi connectivity index (χ4n) is 3.88. The van der Waals surface area contributed by atoms with E-state index in [-0.39, 0.29) is 23.4 Å². The lowest BCUT2D eigenvalue weighted by Crippen LogP contribution is -2.30. The number of hydrogen-bond donors (Lipinski definition) is 1. The monoisotopic (exact) mass is 413 g/mol. The number of benzene rings is 1. The Labute approximate surface area is 181 Å². The first-order chi connectivity index (χ1) is 12.6. The molecule has 0 aromatic heterocycles. The Bertz CT molecular complexity index is 456. The highest BCUT2D eigenvalue weighted by molar-refractivity contribution is 5.85. The third-order valence-electron chi connectivity index (χ3n) is 5.51. The maximum Gasteiger partial charge on any atom is 0.0355 e. The summed E-state index contributed by atoms with van der Waals surface area (Å²) in [5, 5.41) is 0. The van der Waals surface area contributed by atoms with Crippen LogP contribution in [0.5, 0.6) is 0 Å². The molecule has 1 aromatic carbocycles. The lowest BCUT2D eigenvalue weighted by atomic mass is 9.89. The molecule has 1 rings (SSSR count). The first kappa shape index (κ1) is 29.6. The molecule has 0 atom stereocenters. The number of hydrogen-bond acceptors (Lipinski definition) is 1. The number of unbranched alkanes of at least 4 members (excludes halogenated alkanes) is 13. The third-order valence-corrected chi connectivity index (χ3v) is 5.51. The second-order valence-corrected chi connectivity index (χ2v) is 8.73. The van der Waals surface area contributed by atoms with Crippen LogP contribution >= 0.6 is 12.4 Å². The van der Waals surface area contributed by atoms with E-state index in [1.165, 1.54) is 107 Å². The fraction of sp³-hybridized carbons (Fsp3) is 0.760. The standard InChI is InChI=1S/C25H45N.ClH.H2O/c1-4-5-6-7-8-9-10-11-12-13-14-15-16-17-20-23-21-18-19-22-24(23)25(2,3)26;;/h18-19,21-22H,4-17,20,26H2,1-3H3;1H;1H2. The molecular weight excluding hydrogens is 366 g/mol. The lowest BCUT2D eigenvalue weighted by molar-refractivity contribution is 0.531. The maximum atomic E-state index is 6.31. The van der Waals surface area contributed by atoms with E-state index in [1.54, 1.807) is 0 Å². The number of nitrogens with two attached hydrogens (primary N) is 1. The van der Waals surface area contributed by atoms with E-state index < -0.39 is 0 Å². The van der Waals surface area contributed by atoms with Crippen LogP contribution < -0.4 is 5.73 Å². The molecule has 0 bridgehead atoms. The summed E-state index contributed by atoms with van der Waals surface area (Å²) in [4.78, 5) is 0. The van der Waals surface area contributed by atoms with Gasteiger partial charge in [0.2, 0.25) is 0 Å². The molecule has 1 aromatic rings. The smallest absolute Gasteiger partial charge is 0.0355 e. The van der Waals surface area contributed by atoms with Crippen LogP contribution in [-0.4, -0.2) is 5.48 Å². The minimum Gasteiger partial charge on any atom is -0.412 e. The van der Waals surface area contributed by atoms with Crippen molar-refractivity contribution in [3.05, 3.63) is 35.4 Å². The highest BCUT2D eigenvalue weighted by Gasteiger charge is 2.17. The van der Waals surface area contributed by atoms with Crippen molar-refractivity contribution in [3.8, 4) is 0 Å². The molecule has 0 spiro atoms. The molecule has 0 amide bonds. The van der Waals surface area contributed by atoms with Crippen molar-refractivity contribution < 1.29 is 5.48 Å². The van der Waals surface area contributed by atoms with Crippen molar-refractivity contribution in [3.63, 3.8) is 0 Å². The van der Waals surface area contributed by atoms with E-state index in [9.17, 15) is 0 Å². The van der Waals surface area contributed by atoms with Gasteiger partial charge in [-0.1, -0.05) is 115 Å². The van der Waals surface area contributed by atoms with Gasteiger partial charge in [0.1, 0.15) is 0 Å². The van der Waals surface area contributed by atoms with Crippen molar-refractivity contribution in [2.24, 2.45) is 5.73 Å². The van der Waals surface area contributed by atoms with Gasteiger partial charge in [0.25, 0.3) is 0 Å². The first-order valence-electron chi connectivity index (χ1n) is 11.4. The second kappa shape index (κ2) is 18.5. The largest absolute Gasteiger partial charge is 0.412 e. The Balaban J connectivity index is 0. The number of halogens is 1. The van der Waals surface area contributed by atoms with Crippen LogP contribution in [0.4, 0.5) is 0 Å². The molecule has 0 heterocycles. The fourth-order valence-corrected chi connectivity index (χ4v) is 3.88. The molecule has 166 valence electrons. The molecular formula is C25H48ClNO. The van der Waals surface area contributed by atoms with Crippen LogP contribution in [0.3, 0.4) is 0 Å². The summed E-state index contributed by atoms with van der Waals surface area (Å²) in [6, 6.07) is 8.71. The van der Waals surface area contributed by atoms with Gasteiger partial charge in [0, 0.05) is 5.54 Å². The molecule has 4 N–H and O–H groups in total. The summed E-state index contributed by atoms with van der Waals surface area (Å²) in [5.41, 5.74) is 8.84. The van der Waals surface area contributed by atoms with Crippen LogP contribution in [-0.2, 0) is 12.0 Å². The van der Waals surface area contributed by atoms with E-state index in [2.05, 4.69) is 45.0 Å². The summed E-state index contributed by atoms with van der Waals surface area (Å²) in [6.07, 6.45) is 21.0. The Morgan fingerprint density at radius 1 is 0.679 bits per heavy atom. The normalized spacial score (nSPS) is 11.0. The second-order valence-electron chi connectivity index (χ2n) is 8.73. The van der Waals surface area contributed by atoms with E-state index in [4.69, 9.17) is 5.73 Å². The maximum absolute atomic E-state index is 6.31. The van der Waals surface area contributed by atoms with E-state index in [1.807, 2.05) is 0 Å². The third kappa shape index (κ3) is 14.4. The molecule has 3 heteroatoms. The summed E-state index contributed by atoms with van der Waals surface area (Å²) in [5.74, 6) is 0. The van der Waals surface area contributed by atoms with Gasteiger partial charge in [-0.3, -0.25) is 0 Å². The van der Waals surface area contributed by atoms with Crippen LogP contribution in [0.15, 0.2) is 24.3 Å². The zero-order chi connectivity index (χ0) is 19.1. The minimum absolute atomic E-state index is 0. The average Bonchev–Trinajstić information content (AvgIpc) is 2.61. The molecule has 0 saturated heterocycles. The van der Waals surface area contributed by atoms with Gasteiger partial charge in [-0.05, 0) is 37.8 Å². The molecule has 0 fully saturated rings. The van der Waals surface area contributed by atoms with Crippen LogP contribution in [0.1, 0.15) is 122 Å². The summed E-state index contributed by atoms with van der Waals surface area (Å²) >= 11 is 0. The SMILES string of the molecule is CCCCCCCCCCCCCCCCc1ccccc1C(C)(C)N.Cl.O. The number of rotatable bonds is 16. The molecule has 0 aliphatic heterocycles. The van der Waals surface area contributed by atoms with Gasteiger partial charge in [-0.2, -0.15) is 0 Å². The van der Waals surface area contributed by atoms with E-state index in [0.29, 0.717) is 0 Å². The molecule has 28 heavy (non-hydrogen) atoms. The van der Waals surface area contributed by atoms with Gasteiger partial charge < -0.3 is 11.2 Å². The van der Waals surface area contributed by atoms with Gasteiger partial charge in [-0.25, -0.2) is 0 Å². The van der Waals surface area contributed by atoms with E-state index >= 15 is 0 Å². The summed E-state index contributed by atoms with van der Waals surface area (Å²) < 4.78 is 0. The molecule has 0 saturated carbocycles. The first-order valence-corrected chi connectivity index (χ1v) is 11.4. The average molecular weight is 414 g/mol. The van der Waals surface area contributed by atoms with Gasteiger partial charge in [0.05, 0.1) is 0 Å². The molecule has 0 radical (unpaired) electrons. The predicted octanol–water partition coefficient (Wildman–Crippen LogP) is 7.50. The predicted molar refractivity (Wildman–Crippen MR) is 129 cm³/mol. The van der Waals surface area contributed by atoms with Gasteiger partial charge >= 0.3 is 0 Å². The van der Waals surface area contributed by atoms with Crippen LogP contribution in [0, 0.1) is 0 Å². The van der Waals surface area contributed by atoms with Gasteiger partial charge in [-0.15, -0.1) is 12.4 Å². The molecule has 0 unspecified atom stereocenters. The Hall–Kier alpha value is -0.570. The highest BCUT2D eigenvalue weighted by atomic mass is 35.5. The Morgan fingerprint density at radius 2 is 1.07 bits per heavy atom. The van der Waals surface area contributed by atoms with E-state index in [0.717, 1.165) is 0 Å². The summed E-state index contributed by atoms with van der Waals surface area (Å²) in [6.45, 7) is 6.51. The molecule has 2 nitrogen and oxygen atoms in total.